The third-order valence-corrected chi connectivity index (χ3v) is 5.24. The van der Waals surface area contributed by atoms with Crippen molar-refractivity contribution in [2.45, 2.75) is 43.0 Å². The van der Waals surface area contributed by atoms with E-state index in [0.29, 0.717) is 5.92 Å². The van der Waals surface area contributed by atoms with Gasteiger partial charge < -0.3 is 0 Å². The van der Waals surface area contributed by atoms with Crippen molar-refractivity contribution in [1.29, 1.82) is 5.26 Å². The van der Waals surface area contributed by atoms with Crippen molar-refractivity contribution in [2.75, 3.05) is 28.2 Å². The lowest BCUT2D eigenvalue weighted by molar-refractivity contribution is 0.138. The summed E-state index contributed by atoms with van der Waals surface area (Å²) in [7, 11) is 8.00. The standard InChI is InChI=1S/C17H26ClN3S/c1-11(2)13-8-12(3)14(18)9-15(13)22-16(10-19)17(20(4)5)21(6)7/h8-9,11,16-17H,1-7H3. The van der Waals surface area contributed by atoms with Crippen LogP contribution in [0.2, 0.25) is 5.02 Å². The number of aryl methyl sites for hydroxylation is 1. The van der Waals surface area contributed by atoms with Gasteiger partial charge in [-0.25, -0.2) is 0 Å². The van der Waals surface area contributed by atoms with Crippen LogP contribution in [-0.4, -0.2) is 49.4 Å². The highest BCUT2D eigenvalue weighted by Gasteiger charge is 2.27. The topological polar surface area (TPSA) is 30.3 Å². The van der Waals surface area contributed by atoms with Gasteiger partial charge in [0.1, 0.15) is 5.25 Å². The molecule has 3 nitrogen and oxygen atoms in total. The highest BCUT2D eigenvalue weighted by molar-refractivity contribution is 8.00. The van der Waals surface area contributed by atoms with Gasteiger partial charge in [-0.05, 0) is 58.2 Å². The van der Waals surface area contributed by atoms with Gasteiger partial charge in [0.25, 0.3) is 0 Å². The van der Waals surface area contributed by atoms with Crippen molar-refractivity contribution in [2.24, 2.45) is 0 Å². The van der Waals surface area contributed by atoms with Gasteiger partial charge in [-0.1, -0.05) is 31.5 Å². The Morgan fingerprint density at radius 1 is 1.14 bits per heavy atom. The van der Waals surface area contributed by atoms with Gasteiger partial charge in [0.15, 0.2) is 0 Å². The van der Waals surface area contributed by atoms with E-state index in [1.807, 2.05) is 41.2 Å². The molecule has 1 rings (SSSR count). The van der Waals surface area contributed by atoms with Crippen LogP contribution in [0.4, 0.5) is 0 Å². The van der Waals surface area contributed by atoms with Crippen molar-refractivity contribution in [1.82, 2.24) is 9.80 Å². The number of hydrogen-bond donors (Lipinski definition) is 0. The molecule has 1 aromatic rings. The van der Waals surface area contributed by atoms with Crippen LogP contribution in [0.5, 0.6) is 0 Å². The van der Waals surface area contributed by atoms with E-state index in [1.54, 1.807) is 11.8 Å². The van der Waals surface area contributed by atoms with Crippen LogP contribution in [0.25, 0.3) is 0 Å². The van der Waals surface area contributed by atoms with E-state index in [1.165, 1.54) is 5.56 Å². The molecule has 0 bridgehead atoms. The minimum absolute atomic E-state index is 0.0371. The van der Waals surface area contributed by atoms with Gasteiger partial charge in [-0.3, -0.25) is 9.80 Å². The van der Waals surface area contributed by atoms with Crippen molar-refractivity contribution in [3.63, 3.8) is 0 Å². The molecule has 0 aliphatic carbocycles. The number of thioether (sulfide) groups is 1. The number of halogens is 1. The van der Waals surface area contributed by atoms with E-state index in [2.05, 4.69) is 35.8 Å². The molecule has 0 spiro atoms. The Kier molecular flexibility index (Phi) is 7.21. The van der Waals surface area contributed by atoms with E-state index >= 15 is 0 Å². The fraction of sp³-hybridized carbons (Fsp3) is 0.588. The van der Waals surface area contributed by atoms with Crippen molar-refractivity contribution in [3.05, 3.63) is 28.3 Å². The molecule has 0 aliphatic heterocycles. The van der Waals surface area contributed by atoms with Crippen LogP contribution in [0.1, 0.15) is 30.9 Å². The second-order valence-corrected chi connectivity index (χ2v) is 7.89. The Morgan fingerprint density at radius 3 is 2.09 bits per heavy atom. The van der Waals surface area contributed by atoms with E-state index in [0.717, 1.165) is 15.5 Å². The lowest BCUT2D eigenvalue weighted by atomic mass is 10.0. The Labute approximate surface area is 144 Å². The van der Waals surface area contributed by atoms with E-state index in [9.17, 15) is 5.26 Å². The molecule has 5 heteroatoms. The highest BCUT2D eigenvalue weighted by Crippen LogP contribution is 2.36. The summed E-state index contributed by atoms with van der Waals surface area (Å²) >= 11 is 7.91. The first kappa shape index (κ1) is 19.3. The normalized spacial score (nSPS) is 13.2. The first-order valence-electron chi connectivity index (χ1n) is 7.38. The molecule has 0 fully saturated rings. The summed E-state index contributed by atoms with van der Waals surface area (Å²) < 4.78 is 0. The monoisotopic (exact) mass is 339 g/mol. The number of nitriles is 1. The molecule has 0 aromatic heterocycles. The fourth-order valence-electron chi connectivity index (χ4n) is 2.53. The average Bonchev–Trinajstić information content (AvgIpc) is 2.40. The maximum Gasteiger partial charge on any atom is 0.125 e. The molecule has 0 saturated carbocycles. The van der Waals surface area contributed by atoms with Crippen molar-refractivity contribution >= 4 is 23.4 Å². The predicted octanol–water partition coefficient (Wildman–Crippen LogP) is 4.21. The maximum absolute atomic E-state index is 9.65. The van der Waals surface area contributed by atoms with Gasteiger partial charge in [0.05, 0.1) is 12.2 Å². The fourth-order valence-corrected chi connectivity index (χ4v) is 4.31. The number of rotatable bonds is 6. The summed E-state index contributed by atoms with van der Waals surface area (Å²) in [5.41, 5.74) is 2.34. The lowest BCUT2D eigenvalue weighted by Crippen LogP contribution is -2.47. The van der Waals surface area contributed by atoms with Gasteiger partial charge in [-0.15, -0.1) is 11.8 Å². The van der Waals surface area contributed by atoms with Gasteiger partial charge >= 0.3 is 0 Å². The lowest BCUT2D eigenvalue weighted by Gasteiger charge is -2.33. The van der Waals surface area contributed by atoms with Gasteiger partial charge in [0.2, 0.25) is 0 Å². The molecular weight excluding hydrogens is 314 g/mol. The molecule has 0 saturated heterocycles. The van der Waals surface area contributed by atoms with Gasteiger partial charge in [-0.2, -0.15) is 5.26 Å². The second-order valence-electron chi connectivity index (χ2n) is 6.30. The molecule has 0 radical (unpaired) electrons. The summed E-state index contributed by atoms with van der Waals surface area (Å²) in [6.45, 7) is 6.36. The molecule has 1 unspecified atom stereocenters. The Balaban J connectivity index is 3.21. The number of nitrogens with zero attached hydrogens (tertiary/aromatic N) is 3. The third kappa shape index (κ3) is 4.63. The highest BCUT2D eigenvalue weighted by atomic mass is 35.5. The van der Waals surface area contributed by atoms with Crippen LogP contribution < -0.4 is 0 Å². The summed E-state index contributed by atoms with van der Waals surface area (Å²) in [5.74, 6) is 0.398. The summed E-state index contributed by atoms with van der Waals surface area (Å²) in [6.07, 6.45) is 0.0371. The Morgan fingerprint density at radius 2 is 1.68 bits per heavy atom. The number of hydrogen-bond acceptors (Lipinski definition) is 4. The van der Waals surface area contributed by atoms with Crippen LogP contribution >= 0.6 is 23.4 Å². The Hall–Kier alpha value is -0.730. The molecule has 0 N–H and O–H groups in total. The van der Waals surface area contributed by atoms with Crippen LogP contribution in [0, 0.1) is 18.3 Å². The molecule has 22 heavy (non-hydrogen) atoms. The first-order chi connectivity index (χ1) is 10.2. The van der Waals surface area contributed by atoms with Crippen LogP contribution in [0.15, 0.2) is 17.0 Å². The zero-order chi connectivity index (χ0) is 17.0. The third-order valence-electron chi connectivity index (χ3n) is 3.62. The quantitative estimate of drug-likeness (QED) is 0.574. The molecule has 1 aromatic carbocycles. The maximum atomic E-state index is 9.65. The second kappa shape index (κ2) is 8.21. The van der Waals surface area contributed by atoms with Crippen LogP contribution in [0.3, 0.4) is 0 Å². The predicted molar refractivity (Wildman–Crippen MR) is 96.7 cm³/mol. The first-order valence-corrected chi connectivity index (χ1v) is 8.64. The molecule has 1 atom stereocenters. The van der Waals surface area contributed by atoms with E-state index in [4.69, 9.17) is 11.6 Å². The summed E-state index contributed by atoms with van der Waals surface area (Å²) in [5, 5.41) is 10.2. The zero-order valence-corrected chi connectivity index (χ0v) is 16.1. The van der Waals surface area contributed by atoms with E-state index in [-0.39, 0.29) is 11.4 Å². The van der Waals surface area contributed by atoms with Crippen LogP contribution in [-0.2, 0) is 0 Å². The molecule has 0 heterocycles. The van der Waals surface area contributed by atoms with Gasteiger partial charge in [0, 0.05) is 9.92 Å². The summed E-state index contributed by atoms with van der Waals surface area (Å²) in [6, 6.07) is 6.60. The minimum Gasteiger partial charge on any atom is -0.292 e. The zero-order valence-electron chi connectivity index (χ0n) is 14.5. The molecule has 0 aliphatic rings. The Bertz CT molecular complexity index is 542. The van der Waals surface area contributed by atoms with E-state index < -0.39 is 0 Å². The largest absolute Gasteiger partial charge is 0.292 e. The van der Waals surface area contributed by atoms with Crippen molar-refractivity contribution in [3.8, 4) is 6.07 Å². The SMILES string of the molecule is Cc1cc(C(C)C)c(SC(C#N)C(N(C)C)N(C)C)cc1Cl. The molecule has 122 valence electrons. The molecule has 0 amide bonds. The molecular formula is C17H26ClN3S. The smallest absolute Gasteiger partial charge is 0.125 e. The minimum atomic E-state index is -0.193. The average molecular weight is 340 g/mol. The number of benzene rings is 1. The summed E-state index contributed by atoms with van der Waals surface area (Å²) in [4.78, 5) is 5.25. The van der Waals surface area contributed by atoms with Crippen molar-refractivity contribution < 1.29 is 0 Å².